The summed E-state index contributed by atoms with van der Waals surface area (Å²) in [6, 6.07) is 7.79. The van der Waals surface area contributed by atoms with Crippen molar-refractivity contribution in [1.82, 2.24) is 20.1 Å². The number of carbonyl (C=O) groups is 1. The zero-order valence-electron chi connectivity index (χ0n) is 13.5. The van der Waals surface area contributed by atoms with Crippen LogP contribution in [-0.4, -0.2) is 27.2 Å². The highest BCUT2D eigenvalue weighted by molar-refractivity contribution is 6.06. The lowest BCUT2D eigenvalue weighted by Gasteiger charge is -2.09. The molecule has 1 amide bonds. The minimum absolute atomic E-state index is 0.168. The maximum Gasteiger partial charge on any atom is 0.416 e. The molecule has 0 radical (unpaired) electrons. The van der Waals surface area contributed by atoms with Crippen molar-refractivity contribution in [2.75, 3.05) is 6.54 Å². The normalized spacial score (nSPS) is 11.3. The SMILES string of the molecule is Cn1ncc2c(C(=O)NCC#N)cc(-c3ccc(C(F)(F)F)cc3)nc21. The molecule has 0 spiro atoms. The van der Waals surface area contributed by atoms with Gasteiger partial charge in [0.2, 0.25) is 0 Å². The molecule has 0 saturated carbocycles. The van der Waals surface area contributed by atoms with E-state index in [1.54, 1.807) is 7.05 Å². The quantitative estimate of drug-likeness (QED) is 0.729. The number of rotatable bonds is 3. The molecule has 0 aliphatic rings. The van der Waals surface area contributed by atoms with E-state index in [1.165, 1.54) is 29.1 Å². The number of nitrogens with one attached hydrogen (secondary N) is 1. The number of nitrogens with zero attached hydrogens (tertiary/aromatic N) is 4. The second-order valence-corrected chi connectivity index (χ2v) is 5.48. The highest BCUT2D eigenvalue weighted by Crippen LogP contribution is 2.31. The Bertz CT molecular complexity index is 1020. The van der Waals surface area contributed by atoms with Gasteiger partial charge in [0.15, 0.2) is 5.65 Å². The highest BCUT2D eigenvalue weighted by atomic mass is 19.4. The van der Waals surface area contributed by atoms with Crippen molar-refractivity contribution in [2.45, 2.75) is 6.18 Å². The Morgan fingerprint density at radius 3 is 2.62 bits per heavy atom. The Morgan fingerprint density at radius 1 is 1.31 bits per heavy atom. The van der Waals surface area contributed by atoms with Gasteiger partial charge >= 0.3 is 6.18 Å². The number of hydrogen-bond donors (Lipinski definition) is 1. The molecular formula is C17H12F3N5O. The zero-order valence-corrected chi connectivity index (χ0v) is 13.5. The number of amides is 1. The van der Waals surface area contributed by atoms with E-state index in [9.17, 15) is 18.0 Å². The predicted molar refractivity (Wildman–Crippen MR) is 86.9 cm³/mol. The number of halogens is 3. The van der Waals surface area contributed by atoms with Crippen molar-refractivity contribution in [2.24, 2.45) is 7.05 Å². The fraction of sp³-hybridized carbons (Fsp3) is 0.176. The summed E-state index contributed by atoms with van der Waals surface area (Å²) < 4.78 is 39.6. The summed E-state index contributed by atoms with van der Waals surface area (Å²) in [6.07, 6.45) is -2.96. The third-order valence-electron chi connectivity index (χ3n) is 3.79. The van der Waals surface area contributed by atoms with Gasteiger partial charge in [-0.3, -0.25) is 9.48 Å². The molecule has 1 N–H and O–H groups in total. The number of carbonyl (C=O) groups excluding carboxylic acids is 1. The smallest absolute Gasteiger partial charge is 0.339 e. The lowest BCUT2D eigenvalue weighted by molar-refractivity contribution is -0.137. The first kappa shape index (κ1) is 17.4. The Labute approximate surface area is 145 Å². The van der Waals surface area contributed by atoms with Gasteiger partial charge in [-0.1, -0.05) is 12.1 Å². The average molecular weight is 359 g/mol. The molecule has 26 heavy (non-hydrogen) atoms. The van der Waals surface area contributed by atoms with Crippen LogP contribution in [0, 0.1) is 11.3 Å². The molecule has 0 saturated heterocycles. The maximum atomic E-state index is 12.7. The van der Waals surface area contributed by atoms with Gasteiger partial charge in [-0.25, -0.2) is 4.98 Å². The van der Waals surface area contributed by atoms with Crippen LogP contribution in [-0.2, 0) is 13.2 Å². The Morgan fingerprint density at radius 2 is 2.00 bits per heavy atom. The standard InChI is InChI=1S/C17H12F3N5O/c1-25-15-13(9-23-25)12(16(26)22-7-6-21)8-14(24-15)10-2-4-11(5-3-10)17(18,19)20/h2-5,8-9H,7H2,1H3,(H,22,26). The van der Waals surface area contributed by atoms with Crippen LogP contribution >= 0.6 is 0 Å². The Balaban J connectivity index is 2.10. The molecule has 0 bridgehead atoms. The topological polar surface area (TPSA) is 83.6 Å². The summed E-state index contributed by atoms with van der Waals surface area (Å²) in [5.74, 6) is -0.486. The summed E-state index contributed by atoms with van der Waals surface area (Å²) in [5.41, 5.74) is 0.639. The van der Waals surface area contributed by atoms with Gasteiger partial charge in [0, 0.05) is 12.6 Å². The molecule has 0 aliphatic heterocycles. The van der Waals surface area contributed by atoms with Gasteiger partial charge in [0.1, 0.15) is 6.54 Å². The number of nitriles is 1. The molecule has 6 nitrogen and oxygen atoms in total. The van der Waals surface area contributed by atoms with Crippen LogP contribution in [0.3, 0.4) is 0 Å². The van der Waals surface area contributed by atoms with Gasteiger partial charge in [0.25, 0.3) is 5.91 Å². The van der Waals surface area contributed by atoms with E-state index in [4.69, 9.17) is 5.26 Å². The molecule has 0 unspecified atom stereocenters. The minimum atomic E-state index is -4.43. The highest BCUT2D eigenvalue weighted by Gasteiger charge is 2.30. The Hall–Kier alpha value is -3.41. The third kappa shape index (κ3) is 3.21. The van der Waals surface area contributed by atoms with Crippen molar-refractivity contribution < 1.29 is 18.0 Å². The third-order valence-corrected chi connectivity index (χ3v) is 3.79. The van der Waals surface area contributed by atoms with Gasteiger partial charge in [-0.2, -0.15) is 23.5 Å². The van der Waals surface area contributed by atoms with E-state index < -0.39 is 17.6 Å². The number of pyridine rings is 1. The van der Waals surface area contributed by atoms with E-state index in [2.05, 4.69) is 15.4 Å². The van der Waals surface area contributed by atoms with Crippen LogP contribution in [0.5, 0.6) is 0 Å². The van der Waals surface area contributed by atoms with Crippen LogP contribution in [0.1, 0.15) is 15.9 Å². The van der Waals surface area contributed by atoms with Crippen LogP contribution < -0.4 is 5.32 Å². The van der Waals surface area contributed by atoms with E-state index in [-0.39, 0.29) is 12.1 Å². The van der Waals surface area contributed by atoms with Crippen LogP contribution in [0.15, 0.2) is 36.5 Å². The van der Waals surface area contributed by atoms with Crippen molar-refractivity contribution >= 4 is 16.9 Å². The van der Waals surface area contributed by atoms with Gasteiger partial charge in [-0.05, 0) is 18.2 Å². The Kier molecular flexibility index (Phi) is 4.34. The molecular weight excluding hydrogens is 347 g/mol. The zero-order chi connectivity index (χ0) is 18.9. The maximum absolute atomic E-state index is 12.7. The molecule has 2 aromatic heterocycles. The lowest BCUT2D eigenvalue weighted by Crippen LogP contribution is -2.23. The van der Waals surface area contributed by atoms with E-state index >= 15 is 0 Å². The van der Waals surface area contributed by atoms with Crippen molar-refractivity contribution in [3.63, 3.8) is 0 Å². The average Bonchev–Trinajstić information content (AvgIpc) is 2.99. The summed E-state index contributed by atoms with van der Waals surface area (Å²) in [6.45, 7) is -0.168. The molecule has 3 aromatic rings. The molecule has 2 heterocycles. The van der Waals surface area contributed by atoms with Gasteiger partial charge < -0.3 is 5.32 Å². The van der Waals surface area contributed by atoms with E-state index in [1.807, 2.05) is 6.07 Å². The molecule has 3 rings (SSSR count). The monoisotopic (exact) mass is 359 g/mol. The molecule has 1 aromatic carbocycles. The van der Waals surface area contributed by atoms with Gasteiger partial charge in [0.05, 0.1) is 34.5 Å². The first-order chi connectivity index (χ1) is 12.3. The summed E-state index contributed by atoms with van der Waals surface area (Å²) in [7, 11) is 1.64. The van der Waals surface area contributed by atoms with Crippen molar-refractivity contribution in [1.29, 1.82) is 5.26 Å². The fourth-order valence-electron chi connectivity index (χ4n) is 2.50. The van der Waals surface area contributed by atoms with Crippen LogP contribution in [0.25, 0.3) is 22.3 Å². The van der Waals surface area contributed by atoms with E-state index in [0.717, 1.165) is 12.1 Å². The van der Waals surface area contributed by atoms with Crippen LogP contribution in [0.2, 0.25) is 0 Å². The van der Waals surface area contributed by atoms with Gasteiger partial charge in [-0.15, -0.1) is 0 Å². The molecule has 9 heteroatoms. The van der Waals surface area contributed by atoms with Crippen LogP contribution in [0.4, 0.5) is 13.2 Å². The summed E-state index contributed by atoms with van der Waals surface area (Å²) >= 11 is 0. The number of aromatic nitrogens is 3. The second kappa shape index (κ2) is 6.48. The largest absolute Gasteiger partial charge is 0.416 e. The fourth-order valence-corrected chi connectivity index (χ4v) is 2.50. The van der Waals surface area contributed by atoms with Crippen molar-refractivity contribution in [3.8, 4) is 17.3 Å². The number of aryl methyl sites for hydroxylation is 1. The summed E-state index contributed by atoms with van der Waals surface area (Å²) in [4.78, 5) is 16.7. The first-order valence-electron chi connectivity index (χ1n) is 7.47. The molecule has 0 fully saturated rings. The number of fused-ring (bicyclic) bond motifs is 1. The molecule has 0 atom stereocenters. The van der Waals surface area contributed by atoms with E-state index in [0.29, 0.717) is 22.3 Å². The minimum Gasteiger partial charge on any atom is -0.339 e. The molecule has 132 valence electrons. The van der Waals surface area contributed by atoms with Crippen molar-refractivity contribution in [3.05, 3.63) is 47.7 Å². The lowest BCUT2D eigenvalue weighted by atomic mass is 10.0. The number of alkyl halides is 3. The molecule has 0 aliphatic carbocycles. The number of benzene rings is 1. The first-order valence-corrected chi connectivity index (χ1v) is 7.47. The summed E-state index contributed by atoms with van der Waals surface area (Å²) in [5, 5.41) is 15.6. The number of hydrogen-bond acceptors (Lipinski definition) is 4. The second-order valence-electron chi connectivity index (χ2n) is 5.48. The predicted octanol–water partition coefficient (Wildman–Crippen LogP) is 2.91.